The van der Waals surface area contributed by atoms with Crippen LogP contribution in [0.15, 0.2) is 42.6 Å². The van der Waals surface area contributed by atoms with Crippen molar-refractivity contribution in [2.45, 2.75) is 26.2 Å². The van der Waals surface area contributed by atoms with E-state index >= 15 is 0 Å². The highest BCUT2D eigenvalue weighted by atomic mass is 35.5. The third-order valence-electron chi connectivity index (χ3n) is 3.40. The SMILES string of the molecule is CC(C)(C)c1ccc(-c2nnc3c(Cl)cccn23)cc1. The zero-order valence-electron chi connectivity index (χ0n) is 11.8. The molecule has 0 saturated carbocycles. The number of halogens is 1. The molecule has 0 bridgehead atoms. The Bertz CT molecular complexity index is 751. The predicted octanol–water partition coefficient (Wildman–Crippen LogP) is 4.35. The lowest BCUT2D eigenvalue weighted by atomic mass is 9.87. The maximum Gasteiger partial charge on any atom is 0.179 e. The van der Waals surface area contributed by atoms with E-state index in [2.05, 4.69) is 55.2 Å². The molecule has 4 heteroatoms. The van der Waals surface area contributed by atoms with E-state index in [1.165, 1.54) is 5.56 Å². The van der Waals surface area contributed by atoms with E-state index in [9.17, 15) is 0 Å². The Kier molecular flexibility index (Phi) is 3.02. The van der Waals surface area contributed by atoms with Gasteiger partial charge in [-0.25, -0.2) is 0 Å². The lowest BCUT2D eigenvalue weighted by Gasteiger charge is -2.18. The minimum Gasteiger partial charge on any atom is -0.281 e. The highest BCUT2D eigenvalue weighted by Gasteiger charge is 2.14. The van der Waals surface area contributed by atoms with Crippen LogP contribution in [0.3, 0.4) is 0 Å². The molecule has 0 saturated heterocycles. The average molecular weight is 286 g/mol. The van der Waals surface area contributed by atoms with Crippen LogP contribution in [-0.2, 0) is 5.41 Å². The van der Waals surface area contributed by atoms with Gasteiger partial charge in [0.1, 0.15) is 0 Å². The zero-order chi connectivity index (χ0) is 14.3. The summed E-state index contributed by atoms with van der Waals surface area (Å²) in [6.45, 7) is 6.61. The van der Waals surface area contributed by atoms with Crippen LogP contribution in [0, 0.1) is 0 Å². The standard InChI is InChI=1S/C16H16ClN3/c1-16(2,3)12-8-6-11(7-9-12)14-18-19-15-13(17)5-4-10-20(14)15/h4-10H,1-3H3. The van der Waals surface area contributed by atoms with E-state index in [4.69, 9.17) is 11.6 Å². The Morgan fingerprint density at radius 2 is 1.70 bits per heavy atom. The van der Waals surface area contributed by atoms with Crippen molar-refractivity contribution < 1.29 is 0 Å². The number of hydrogen-bond donors (Lipinski definition) is 0. The molecule has 0 amide bonds. The summed E-state index contributed by atoms with van der Waals surface area (Å²) in [5, 5.41) is 9.00. The van der Waals surface area contributed by atoms with Crippen LogP contribution in [-0.4, -0.2) is 14.6 Å². The predicted molar refractivity (Wildman–Crippen MR) is 82.1 cm³/mol. The molecule has 0 aliphatic carbocycles. The lowest BCUT2D eigenvalue weighted by Crippen LogP contribution is -2.10. The number of nitrogens with zero attached hydrogens (tertiary/aromatic N) is 3. The van der Waals surface area contributed by atoms with Gasteiger partial charge in [-0.2, -0.15) is 0 Å². The number of rotatable bonds is 1. The Hall–Kier alpha value is -1.87. The zero-order valence-corrected chi connectivity index (χ0v) is 12.5. The fourth-order valence-electron chi connectivity index (χ4n) is 2.20. The summed E-state index contributed by atoms with van der Waals surface area (Å²) in [7, 11) is 0. The van der Waals surface area contributed by atoms with Gasteiger partial charge in [0.2, 0.25) is 0 Å². The molecule has 0 unspecified atom stereocenters. The summed E-state index contributed by atoms with van der Waals surface area (Å²) in [6.07, 6.45) is 1.92. The van der Waals surface area contributed by atoms with E-state index in [1.54, 1.807) is 0 Å². The van der Waals surface area contributed by atoms with E-state index in [0.29, 0.717) is 10.7 Å². The fourth-order valence-corrected chi connectivity index (χ4v) is 2.40. The fraction of sp³-hybridized carbons (Fsp3) is 0.250. The van der Waals surface area contributed by atoms with Crippen LogP contribution in [0.1, 0.15) is 26.3 Å². The largest absolute Gasteiger partial charge is 0.281 e. The van der Waals surface area contributed by atoms with Crippen molar-refractivity contribution in [2.24, 2.45) is 0 Å². The van der Waals surface area contributed by atoms with Crippen LogP contribution in [0.2, 0.25) is 5.02 Å². The molecule has 3 aromatic rings. The summed E-state index contributed by atoms with van der Waals surface area (Å²) >= 11 is 6.12. The molecular formula is C16H16ClN3. The first kappa shape index (κ1) is 13.1. The van der Waals surface area contributed by atoms with Gasteiger partial charge in [0.05, 0.1) is 5.02 Å². The minimum absolute atomic E-state index is 0.148. The first-order valence-corrected chi connectivity index (χ1v) is 6.95. The van der Waals surface area contributed by atoms with E-state index in [1.807, 2.05) is 22.7 Å². The van der Waals surface area contributed by atoms with E-state index < -0.39 is 0 Å². The first-order valence-electron chi connectivity index (χ1n) is 6.57. The van der Waals surface area contributed by atoms with Crippen molar-refractivity contribution in [2.75, 3.05) is 0 Å². The number of fused-ring (bicyclic) bond motifs is 1. The maximum atomic E-state index is 6.12. The van der Waals surface area contributed by atoms with Crippen molar-refractivity contribution in [3.63, 3.8) is 0 Å². The van der Waals surface area contributed by atoms with E-state index in [-0.39, 0.29) is 5.41 Å². The lowest BCUT2D eigenvalue weighted by molar-refractivity contribution is 0.590. The summed E-state index contributed by atoms with van der Waals surface area (Å²) in [5.74, 6) is 0.808. The molecule has 0 aliphatic rings. The van der Waals surface area contributed by atoms with Gasteiger partial charge in [-0.3, -0.25) is 4.40 Å². The Morgan fingerprint density at radius 3 is 2.35 bits per heavy atom. The molecule has 3 nitrogen and oxygen atoms in total. The van der Waals surface area contributed by atoms with Crippen LogP contribution in [0.25, 0.3) is 17.0 Å². The Labute approximate surface area is 123 Å². The van der Waals surface area contributed by atoms with Crippen molar-refractivity contribution in [3.05, 3.63) is 53.2 Å². The number of pyridine rings is 1. The van der Waals surface area contributed by atoms with Gasteiger partial charge in [-0.1, -0.05) is 56.6 Å². The second-order valence-corrected chi connectivity index (χ2v) is 6.31. The van der Waals surface area contributed by atoms with Gasteiger partial charge >= 0.3 is 0 Å². The molecule has 20 heavy (non-hydrogen) atoms. The molecule has 1 aromatic carbocycles. The summed E-state index contributed by atoms with van der Waals surface area (Å²) in [4.78, 5) is 0. The normalized spacial score (nSPS) is 12.0. The second-order valence-electron chi connectivity index (χ2n) is 5.90. The monoisotopic (exact) mass is 285 g/mol. The smallest absolute Gasteiger partial charge is 0.179 e. The van der Waals surface area contributed by atoms with Gasteiger partial charge in [0, 0.05) is 11.8 Å². The molecule has 2 heterocycles. The molecule has 2 aromatic heterocycles. The summed E-state index contributed by atoms with van der Waals surface area (Å²) in [5.41, 5.74) is 3.17. The average Bonchev–Trinajstić information content (AvgIpc) is 2.83. The van der Waals surface area contributed by atoms with Crippen LogP contribution in [0.5, 0.6) is 0 Å². The van der Waals surface area contributed by atoms with Crippen molar-refractivity contribution in [1.82, 2.24) is 14.6 Å². The Balaban J connectivity index is 2.10. The molecule has 0 fully saturated rings. The molecule has 0 radical (unpaired) electrons. The molecule has 3 rings (SSSR count). The van der Waals surface area contributed by atoms with Crippen molar-refractivity contribution >= 4 is 17.2 Å². The number of benzene rings is 1. The van der Waals surface area contributed by atoms with Crippen LogP contribution < -0.4 is 0 Å². The third-order valence-corrected chi connectivity index (χ3v) is 3.69. The molecule has 0 spiro atoms. The molecule has 0 aliphatic heterocycles. The highest BCUT2D eigenvalue weighted by molar-refractivity contribution is 6.33. The van der Waals surface area contributed by atoms with Gasteiger partial charge in [-0.05, 0) is 23.1 Å². The van der Waals surface area contributed by atoms with Gasteiger partial charge in [0.25, 0.3) is 0 Å². The van der Waals surface area contributed by atoms with Crippen molar-refractivity contribution in [3.8, 4) is 11.4 Å². The van der Waals surface area contributed by atoms with Gasteiger partial charge < -0.3 is 0 Å². The second kappa shape index (κ2) is 4.60. The quantitative estimate of drug-likeness (QED) is 0.665. The highest BCUT2D eigenvalue weighted by Crippen LogP contribution is 2.26. The minimum atomic E-state index is 0.148. The summed E-state index contributed by atoms with van der Waals surface area (Å²) < 4.78 is 1.91. The van der Waals surface area contributed by atoms with Gasteiger partial charge in [0.15, 0.2) is 11.5 Å². The topological polar surface area (TPSA) is 30.2 Å². The molecular weight excluding hydrogens is 270 g/mol. The number of hydrogen-bond acceptors (Lipinski definition) is 2. The van der Waals surface area contributed by atoms with Gasteiger partial charge in [-0.15, -0.1) is 10.2 Å². The molecule has 0 N–H and O–H groups in total. The molecule has 0 atom stereocenters. The third kappa shape index (κ3) is 2.18. The van der Waals surface area contributed by atoms with E-state index in [0.717, 1.165) is 11.4 Å². The van der Waals surface area contributed by atoms with Crippen molar-refractivity contribution in [1.29, 1.82) is 0 Å². The first-order chi connectivity index (χ1) is 9.47. The number of aromatic nitrogens is 3. The summed E-state index contributed by atoms with van der Waals surface area (Å²) in [6, 6.07) is 12.2. The van der Waals surface area contributed by atoms with Crippen LogP contribution >= 0.6 is 11.6 Å². The molecule has 102 valence electrons. The Morgan fingerprint density at radius 1 is 1.00 bits per heavy atom. The van der Waals surface area contributed by atoms with Crippen LogP contribution in [0.4, 0.5) is 0 Å². The maximum absolute atomic E-state index is 6.12.